The van der Waals surface area contributed by atoms with Gasteiger partial charge in [0.25, 0.3) is 0 Å². The molecule has 0 saturated heterocycles. The van der Waals surface area contributed by atoms with Crippen LogP contribution in [0.15, 0.2) is 140 Å². The lowest BCUT2D eigenvalue weighted by Crippen LogP contribution is -2.50. The van der Waals surface area contributed by atoms with Crippen LogP contribution in [0.5, 0.6) is 0 Å². The largest absolute Gasteiger partial charge is 0.308 e. The minimum Gasteiger partial charge on any atom is -0.308 e. The average molecular weight is 646 g/mol. The molecule has 4 heteroatoms. The summed E-state index contributed by atoms with van der Waals surface area (Å²) in [6.07, 6.45) is 0. The third-order valence-corrected chi connectivity index (χ3v) is 14.5. The van der Waals surface area contributed by atoms with Crippen molar-refractivity contribution in [3.05, 3.63) is 151 Å². The van der Waals surface area contributed by atoms with Crippen molar-refractivity contribution in [1.29, 1.82) is 0 Å². The molecule has 0 atom stereocenters. The number of hydrogen-bond donors (Lipinski definition) is 0. The molecule has 3 heterocycles. The van der Waals surface area contributed by atoms with E-state index in [2.05, 4.69) is 171 Å². The molecule has 0 saturated carbocycles. The smallest absolute Gasteiger partial charge is 0.161 e. The quantitative estimate of drug-likeness (QED) is 0.179. The Labute approximate surface area is 287 Å². The van der Waals surface area contributed by atoms with Gasteiger partial charge in [-0.25, -0.2) is 9.97 Å². The molecule has 0 amide bonds. The van der Waals surface area contributed by atoms with Crippen LogP contribution in [-0.2, 0) is 5.41 Å². The zero-order valence-electron chi connectivity index (χ0n) is 28.1. The highest BCUT2D eigenvalue weighted by atomic mass is 28.3. The summed E-state index contributed by atoms with van der Waals surface area (Å²) >= 11 is 0. The van der Waals surface area contributed by atoms with E-state index in [1.54, 1.807) is 0 Å². The fourth-order valence-electron chi connectivity index (χ4n) is 8.75. The van der Waals surface area contributed by atoms with E-state index in [0.717, 1.165) is 28.3 Å². The third kappa shape index (κ3) is 3.83. The van der Waals surface area contributed by atoms with E-state index < -0.39 is 8.07 Å². The standard InChI is InChI=1S/C45H35N3Si/c1-45(2)35-22-12-8-18-29(35)33-27-39-34(26-36(33)45)30-19-9-13-23-37(30)48(39)38-24-14-10-20-31(38)43-46-42(28-16-6-5-7-17-28)41-32-21-11-15-25-40(32)49(3,4)44(41)47-43/h5-27H,1-4H3. The van der Waals surface area contributed by atoms with E-state index in [0.29, 0.717) is 0 Å². The Balaban J connectivity index is 1.27. The fourth-order valence-corrected chi connectivity index (χ4v) is 11.7. The molecular formula is C45H35N3Si. The maximum Gasteiger partial charge on any atom is 0.161 e. The summed E-state index contributed by atoms with van der Waals surface area (Å²) in [5.41, 5.74) is 14.5. The van der Waals surface area contributed by atoms with Crippen molar-refractivity contribution in [3.8, 4) is 50.6 Å². The van der Waals surface area contributed by atoms with Crippen LogP contribution in [0.3, 0.4) is 0 Å². The molecule has 0 radical (unpaired) electrons. The molecular weight excluding hydrogens is 611 g/mol. The zero-order valence-corrected chi connectivity index (χ0v) is 29.1. The lowest BCUT2D eigenvalue weighted by Gasteiger charge is -2.21. The van der Waals surface area contributed by atoms with Gasteiger partial charge in [-0.05, 0) is 63.3 Å². The SMILES string of the molecule is CC1(C)c2ccccc2-c2cc3c(cc21)c1ccccc1n3-c1ccccc1-c1nc(-c2ccccc2)c2c(n1)[Si](C)(C)c1ccccc1-2. The molecule has 1 aliphatic heterocycles. The van der Waals surface area contributed by atoms with E-state index in [9.17, 15) is 0 Å². The van der Waals surface area contributed by atoms with Gasteiger partial charge in [0.1, 0.15) is 8.07 Å². The molecule has 234 valence electrons. The van der Waals surface area contributed by atoms with Crippen molar-refractivity contribution < 1.29 is 0 Å². The molecule has 8 aromatic rings. The van der Waals surface area contributed by atoms with E-state index in [1.807, 2.05) is 0 Å². The molecule has 0 unspecified atom stereocenters. The van der Waals surface area contributed by atoms with Crippen molar-refractivity contribution in [3.63, 3.8) is 0 Å². The summed E-state index contributed by atoms with van der Waals surface area (Å²) in [5.74, 6) is 0.778. The monoisotopic (exact) mass is 645 g/mol. The van der Waals surface area contributed by atoms with Gasteiger partial charge in [0.15, 0.2) is 5.82 Å². The van der Waals surface area contributed by atoms with Gasteiger partial charge >= 0.3 is 0 Å². The first-order valence-corrected chi connectivity index (χ1v) is 20.2. The van der Waals surface area contributed by atoms with Gasteiger partial charge in [-0.2, -0.15) is 0 Å². The Bertz CT molecular complexity index is 2660. The van der Waals surface area contributed by atoms with Crippen LogP contribution in [0.2, 0.25) is 13.1 Å². The second-order valence-corrected chi connectivity index (χ2v) is 18.9. The summed E-state index contributed by atoms with van der Waals surface area (Å²) < 4.78 is 2.45. The van der Waals surface area contributed by atoms with Crippen molar-refractivity contribution >= 4 is 40.4 Å². The first-order valence-electron chi connectivity index (χ1n) is 17.2. The number of hydrogen-bond acceptors (Lipinski definition) is 2. The normalized spacial score (nSPS) is 14.9. The van der Waals surface area contributed by atoms with Crippen LogP contribution in [0.4, 0.5) is 0 Å². The van der Waals surface area contributed by atoms with E-state index in [4.69, 9.17) is 9.97 Å². The maximum atomic E-state index is 5.55. The molecule has 0 N–H and O–H groups in total. The lowest BCUT2D eigenvalue weighted by molar-refractivity contribution is 0.661. The topological polar surface area (TPSA) is 30.7 Å². The van der Waals surface area contributed by atoms with Gasteiger partial charge in [-0.3, -0.25) is 0 Å². The molecule has 0 fully saturated rings. The number of rotatable bonds is 3. The minimum atomic E-state index is -2.10. The highest BCUT2D eigenvalue weighted by Gasteiger charge is 2.42. The second-order valence-electron chi connectivity index (χ2n) is 14.6. The van der Waals surface area contributed by atoms with Gasteiger partial charge in [0, 0.05) is 38.2 Å². The first-order chi connectivity index (χ1) is 23.8. The predicted molar refractivity (Wildman–Crippen MR) is 207 cm³/mol. The van der Waals surface area contributed by atoms with Crippen molar-refractivity contribution in [1.82, 2.24) is 14.5 Å². The Morgan fingerprint density at radius 1 is 0.551 bits per heavy atom. The van der Waals surface area contributed by atoms with Crippen molar-refractivity contribution in [2.45, 2.75) is 32.4 Å². The maximum absolute atomic E-state index is 5.55. The van der Waals surface area contributed by atoms with Crippen molar-refractivity contribution in [2.24, 2.45) is 0 Å². The summed E-state index contributed by atoms with van der Waals surface area (Å²) in [6, 6.07) is 50.9. The lowest BCUT2D eigenvalue weighted by atomic mass is 9.82. The molecule has 10 rings (SSSR count). The van der Waals surface area contributed by atoms with Crippen LogP contribution in [0, 0.1) is 0 Å². The number of benzene rings is 6. The third-order valence-electron chi connectivity index (χ3n) is 11.2. The van der Waals surface area contributed by atoms with Gasteiger partial charge < -0.3 is 4.57 Å². The first kappa shape index (κ1) is 28.4. The van der Waals surface area contributed by atoms with Crippen LogP contribution < -0.4 is 10.5 Å². The Hall–Kier alpha value is -5.58. The molecule has 0 spiro atoms. The van der Waals surface area contributed by atoms with Gasteiger partial charge in [0.2, 0.25) is 0 Å². The zero-order chi connectivity index (χ0) is 33.1. The van der Waals surface area contributed by atoms with Gasteiger partial charge in [-0.1, -0.05) is 136 Å². The van der Waals surface area contributed by atoms with Gasteiger partial charge in [0.05, 0.1) is 22.4 Å². The molecule has 0 bridgehead atoms. The van der Waals surface area contributed by atoms with Gasteiger partial charge in [-0.15, -0.1) is 0 Å². The number of para-hydroxylation sites is 2. The summed E-state index contributed by atoms with van der Waals surface area (Å²) in [7, 11) is -2.10. The van der Waals surface area contributed by atoms with E-state index >= 15 is 0 Å². The fraction of sp³-hybridized carbons (Fsp3) is 0.111. The molecule has 6 aromatic carbocycles. The number of fused-ring (bicyclic) bond motifs is 9. The Morgan fingerprint density at radius 2 is 1.22 bits per heavy atom. The molecule has 1 aliphatic carbocycles. The summed E-state index contributed by atoms with van der Waals surface area (Å²) in [6.45, 7) is 9.58. The molecule has 2 aliphatic rings. The molecule has 3 nitrogen and oxygen atoms in total. The molecule has 2 aromatic heterocycles. The Kier molecular flexibility index (Phi) is 5.79. The van der Waals surface area contributed by atoms with E-state index in [1.165, 1.54) is 65.7 Å². The van der Waals surface area contributed by atoms with Crippen molar-refractivity contribution in [2.75, 3.05) is 0 Å². The van der Waals surface area contributed by atoms with Crippen LogP contribution in [0.1, 0.15) is 25.0 Å². The highest BCUT2D eigenvalue weighted by Crippen LogP contribution is 2.51. The van der Waals surface area contributed by atoms with Crippen LogP contribution in [-0.4, -0.2) is 22.6 Å². The summed E-state index contributed by atoms with van der Waals surface area (Å²) in [4.78, 5) is 11.0. The van der Waals surface area contributed by atoms with E-state index in [-0.39, 0.29) is 5.41 Å². The minimum absolute atomic E-state index is 0.0679. The molecule has 49 heavy (non-hydrogen) atoms. The number of nitrogens with zero attached hydrogens (tertiary/aromatic N) is 3. The second kappa shape index (κ2) is 9.97. The average Bonchev–Trinajstić information content (AvgIpc) is 3.67. The number of aromatic nitrogens is 3. The highest BCUT2D eigenvalue weighted by molar-refractivity contribution is 7.03. The van der Waals surface area contributed by atoms with Crippen LogP contribution >= 0.6 is 0 Å². The predicted octanol–water partition coefficient (Wildman–Crippen LogP) is 10.0. The Morgan fingerprint density at radius 3 is 2.06 bits per heavy atom. The summed E-state index contributed by atoms with van der Waals surface area (Å²) in [5, 5.41) is 5.17. The van der Waals surface area contributed by atoms with Crippen LogP contribution in [0.25, 0.3) is 72.4 Å².